The van der Waals surface area contributed by atoms with E-state index in [1.165, 1.54) is 0 Å². The van der Waals surface area contributed by atoms with Gasteiger partial charge in [-0.2, -0.15) is 4.39 Å². The molecule has 0 unspecified atom stereocenters. The van der Waals surface area contributed by atoms with Crippen LogP contribution in [-0.2, 0) is 0 Å². The summed E-state index contributed by atoms with van der Waals surface area (Å²) >= 11 is 3.37. The van der Waals surface area contributed by atoms with Crippen molar-refractivity contribution >= 4 is 15.9 Å². The minimum atomic E-state index is -0.851. The van der Waals surface area contributed by atoms with Gasteiger partial charge in [-0.05, 0) is 56.1 Å². The molecule has 1 saturated carbocycles. The van der Waals surface area contributed by atoms with E-state index in [-0.39, 0.29) is 11.7 Å². The molecule has 0 heterocycles. The van der Waals surface area contributed by atoms with Gasteiger partial charge >= 0.3 is 0 Å². The molecule has 1 aliphatic carbocycles. The molecule has 0 atom stereocenters. The van der Waals surface area contributed by atoms with Crippen LogP contribution in [0.5, 0.6) is 5.75 Å². The zero-order chi connectivity index (χ0) is 15.2. The summed E-state index contributed by atoms with van der Waals surface area (Å²) < 4.78 is 33.2. The van der Waals surface area contributed by atoms with Crippen LogP contribution >= 0.6 is 15.9 Å². The van der Waals surface area contributed by atoms with Gasteiger partial charge < -0.3 is 4.74 Å². The average Bonchev–Trinajstić information content (AvgIpc) is 2.51. The van der Waals surface area contributed by atoms with Crippen LogP contribution in [0.3, 0.4) is 0 Å². The van der Waals surface area contributed by atoms with Crippen molar-refractivity contribution in [3.05, 3.63) is 41.5 Å². The van der Waals surface area contributed by atoms with Crippen molar-refractivity contribution in [2.45, 2.75) is 38.5 Å². The molecule has 0 spiro atoms. The Morgan fingerprint density at radius 2 is 1.90 bits per heavy atom. The Kier molecular flexibility index (Phi) is 6.22. The normalized spacial score (nSPS) is 22.7. The van der Waals surface area contributed by atoms with Gasteiger partial charge in [0.1, 0.15) is 0 Å². The summed E-state index contributed by atoms with van der Waals surface area (Å²) in [5.74, 6) is -0.901. The van der Waals surface area contributed by atoms with E-state index in [1.54, 1.807) is 19.1 Å². The second-order valence-electron chi connectivity index (χ2n) is 5.41. The van der Waals surface area contributed by atoms with Crippen LogP contribution in [0.15, 0.2) is 24.3 Å². The van der Waals surface area contributed by atoms with Gasteiger partial charge in [0.25, 0.3) is 0 Å². The zero-order valence-corrected chi connectivity index (χ0v) is 13.8. The number of allylic oxidation sites excluding steroid dienone is 2. The minimum Gasteiger partial charge on any atom is -0.491 e. The predicted octanol–water partition coefficient (Wildman–Crippen LogP) is 5.59. The number of rotatable bonds is 5. The number of alkyl halides is 1. The Bertz CT molecular complexity index is 494. The third kappa shape index (κ3) is 4.06. The van der Waals surface area contributed by atoms with Crippen molar-refractivity contribution in [3.63, 3.8) is 0 Å². The molecule has 0 radical (unpaired) electrons. The molecule has 0 saturated heterocycles. The quantitative estimate of drug-likeness (QED) is 0.492. The van der Waals surface area contributed by atoms with E-state index < -0.39 is 11.6 Å². The first-order chi connectivity index (χ1) is 10.2. The summed E-state index contributed by atoms with van der Waals surface area (Å²) in [7, 11) is 0. The molecular formula is C17H21BrF2O. The molecule has 1 nitrogen and oxygen atoms in total. The van der Waals surface area contributed by atoms with Gasteiger partial charge in [0.05, 0.1) is 6.61 Å². The first-order valence-electron chi connectivity index (χ1n) is 7.50. The summed E-state index contributed by atoms with van der Waals surface area (Å²) in [6.07, 6.45) is 8.20. The number of hydrogen-bond donors (Lipinski definition) is 0. The lowest BCUT2D eigenvalue weighted by Gasteiger charge is -2.27. The molecule has 2 rings (SSSR count). The van der Waals surface area contributed by atoms with E-state index in [1.807, 2.05) is 0 Å². The van der Waals surface area contributed by atoms with Gasteiger partial charge in [0, 0.05) is 5.33 Å². The summed E-state index contributed by atoms with van der Waals surface area (Å²) in [5.41, 5.74) is 0.499. The van der Waals surface area contributed by atoms with Crippen LogP contribution in [0.4, 0.5) is 8.78 Å². The zero-order valence-electron chi connectivity index (χ0n) is 12.2. The van der Waals surface area contributed by atoms with Crippen molar-refractivity contribution < 1.29 is 13.5 Å². The number of ether oxygens (including phenoxy) is 1. The topological polar surface area (TPSA) is 9.23 Å². The highest BCUT2D eigenvalue weighted by atomic mass is 79.9. The lowest BCUT2D eigenvalue weighted by molar-refractivity contribution is 0.310. The van der Waals surface area contributed by atoms with Crippen molar-refractivity contribution in [2.75, 3.05) is 11.9 Å². The van der Waals surface area contributed by atoms with Crippen LogP contribution < -0.4 is 4.74 Å². The van der Waals surface area contributed by atoms with Gasteiger partial charge in [0.15, 0.2) is 11.6 Å². The highest BCUT2D eigenvalue weighted by molar-refractivity contribution is 9.09. The summed E-state index contributed by atoms with van der Waals surface area (Å²) in [6.45, 7) is 2.09. The standard InChI is InChI=1S/C17H21BrF2O/c1-2-21-15-10-9-14(16(19)17(15)20)13-7-5-12(6-8-13)4-3-11-18/h3-4,9-10,12-13H,2,5-8,11H2,1H3/b4-3+. The molecule has 21 heavy (non-hydrogen) atoms. The highest BCUT2D eigenvalue weighted by Gasteiger charge is 2.25. The van der Waals surface area contributed by atoms with Crippen LogP contribution in [-0.4, -0.2) is 11.9 Å². The fourth-order valence-electron chi connectivity index (χ4n) is 3.00. The molecule has 1 aliphatic rings. The smallest absolute Gasteiger partial charge is 0.200 e. The van der Waals surface area contributed by atoms with Gasteiger partial charge in [-0.15, -0.1) is 0 Å². The molecular weight excluding hydrogens is 338 g/mol. The molecule has 116 valence electrons. The maximum Gasteiger partial charge on any atom is 0.200 e. The number of benzene rings is 1. The summed E-state index contributed by atoms with van der Waals surface area (Å²) in [6, 6.07) is 3.23. The van der Waals surface area contributed by atoms with Crippen LogP contribution in [0.1, 0.15) is 44.1 Å². The summed E-state index contributed by atoms with van der Waals surface area (Å²) in [4.78, 5) is 0. The highest BCUT2D eigenvalue weighted by Crippen LogP contribution is 2.39. The first kappa shape index (κ1) is 16.5. The molecule has 0 bridgehead atoms. The van der Waals surface area contributed by atoms with E-state index in [2.05, 4.69) is 28.1 Å². The third-order valence-corrected chi connectivity index (χ3v) is 4.46. The molecule has 4 heteroatoms. The van der Waals surface area contributed by atoms with E-state index in [0.717, 1.165) is 31.0 Å². The van der Waals surface area contributed by atoms with E-state index in [0.29, 0.717) is 18.1 Å². The van der Waals surface area contributed by atoms with E-state index >= 15 is 0 Å². The molecule has 0 aliphatic heterocycles. The Labute approximate surface area is 133 Å². The van der Waals surface area contributed by atoms with Gasteiger partial charge in [0.2, 0.25) is 5.82 Å². The minimum absolute atomic E-state index is 0.00712. The SMILES string of the molecule is CCOc1ccc(C2CCC(/C=C/CBr)CC2)c(F)c1F. The Hall–Kier alpha value is -0.900. The van der Waals surface area contributed by atoms with Crippen LogP contribution in [0.25, 0.3) is 0 Å². The van der Waals surface area contributed by atoms with Crippen molar-refractivity contribution in [1.29, 1.82) is 0 Å². The summed E-state index contributed by atoms with van der Waals surface area (Å²) in [5, 5.41) is 0.867. The largest absolute Gasteiger partial charge is 0.491 e. The third-order valence-electron chi connectivity index (χ3n) is 4.09. The second-order valence-corrected chi connectivity index (χ2v) is 6.06. The van der Waals surface area contributed by atoms with Gasteiger partial charge in [-0.1, -0.05) is 34.1 Å². The predicted molar refractivity (Wildman–Crippen MR) is 85.2 cm³/mol. The maximum atomic E-state index is 14.2. The molecule has 1 aromatic rings. The molecule has 0 aromatic heterocycles. The van der Waals surface area contributed by atoms with E-state index in [9.17, 15) is 8.78 Å². The van der Waals surface area contributed by atoms with Crippen molar-refractivity contribution in [2.24, 2.45) is 5.92 Å². The van der Waals surface area contributed by atoms with Gasteiger partial charge in [-0.3, -0.25) is 0 Å². The maximum absolute atomic E-state index is 14.2. The van der Waals surface area contributed by atoms with E-state index in [4.69, 9.17) is 4.74 Å². The Morgan fingerprint density at radius 1 is 1.19 bits per heavy atom. The van der Waals surface area contributed by atoms with Crippen molar-refractivity contribution in [1.82, 2.24) is 0 Å². The molecule has 0 N–H and O–H groups in total. The molecule has 1 aromatic carbocycles. The van der Waals surface area contributed by atoms with Crippen LogP contribution in [0.2, 0.25) is 0 Å². The lowest BCUT2D eigenvalue weighted by atomic mass is 9.78. The van der Waals surface area contributed by atoms with Crippen molar-refractivity contribution in [3.8, 4) is 5.75 Å². The monoisotopic (exact) mass is 358 g/mol. The Morgan fingerprint density at radius 3 is 2.52 bits per heavy atom. The molecule has 1 fully saturated rings. The first-order valence-corrected chi connectivity index (χ1v) is 8.62. The fourth-order valence-corrected chi connectivity index (χ4v) is 3.21. The lowest BCUT2D eigenvalue weighted by Crippen LogP contribution is -2.14. The number of halogens is 3. The fraction of sp³-hybridized carbons (Fsp3) is 0.529. The second kappa shape index (κ2) is 7.92. The van der Waals surface area contributed by atoms with Crippen LogP contribution in [0, 0.1) is 17.6 Å². The number of hydrogen-bond acceptors (Lipinski definition) is 1. The average molecular weight is 359 g/mol. The van der Waals surface area contributed by atoms with Gasteiger partial charge in [-0.25, -0.2) is 4.39 Å². The molecule has 0 amide bonds. The Balaban J connectivity index is 2.07.